The monoisotopic (exact) mass is 398 g/mol. The van der Waals surface area contributed by atoms with E-state index in [0.29, 0.717) is 0 Å². The second-order valence-electron chi connectivity index (χ2n) is 5.06. The molecule has 2 aromatic heterocycles. The van der Waals surface area contributed by atoms with E-state index in [-0.39, 0.29) is 17.0 Å². The first kappa shape index (κ1) is 16.2. The highest BCUT2D eigenvalue weighted by molar-refractivity contribution is 8.93. The lowest BCUT2D eigenvalue weighted by atomic mass is 9.96. The van der Waals surface area contributed by atoms with Gasteiger partial charge in [0.1, 0.15) is 0 Å². The molecule has 2 heterocycles. The fourth-order valence-corrected chi connectivity index (χ4v) is 4.65. The number of rotatable bonds is 3. The molecule has 2 aromatic carbocycles. The zero-order valence-corrected chi connectivity index (χ0v) is 15.7. The van der Waals surface area contributed by atoms with Gasteiger partial charge in [0, 0.05) is 16.0 Å². The molecule has 3 heteroatoms. The van der Waals surface area contributed by atoms with Crippen molar-refractivity contribution in [1.29, 1.82) is 0 Å². The number of hydrogen-bond acceptors (Lipinski definition) is 2. The molecule has 0 aliphatic rings. The molecule has 0 aliphatic heterocycles. The highest BCUT2D eigenvalue weighted by Gasteiger charge is 2.16. The van der Waals surface area contributed by atoms with Gasteiger partial charge < -0.3 is 0 Å². The lowest BCUT2D eigenvalue weighted by Gasteiger charge is -2.08. The van der Waals surface area contributed by atoms with Crippen LogP contribution < -0.4 is 0 Å². The summed E-state index contributed by atoms with van der Waals surface area (Å²) in [6.07, 6.45) is 0. The minimum absolute atomic E-state index is 0. The summed E-state index contributed by atoms with van der Waals surface area (Å²) >= 11 is 3.64. The average molecular weight is 399 g/mol. The number of halogens is 1. The Morgan fingerprint density at radius 1 is 0.609 bits per heavy atom. The van der Waals surface area contributed by atoms with Crippen LogP contribution in [0.25, 0.3) is 32.0 Å². The SMILES string of the molecule is Br.c1ccc(-c2csc(-c3cccs3)c2-c2ccccc2)cc1. The molecule has 0 N–H and O–H groups in total. The van der Waals surface area contributed by atoms with E-state index >= 15 is 0 Å². The van der Waals surface area contributed by atoms with E-state index in [1.165, 1.54) is 32.0 Å². The van der Waals surface area contributed by atoms with Crippen molar-refractivity contribution in [2.75, 3.05) is 0 Å². The van der Waals surface area contributed by atoms with E-state index in [1.807, 2.05) is 11.3 Å². The van der Waals surface area contributed by atoms with Crippen molar-refractivity contribution in [3.8, 4) is 32.0 Å². The fraction of sp³-hybridized carbons (Fsp3) is 0. The third kappa shape index (κ3) is 3.18. The lowest BCUT2D eigenvalue weighted by molar-refractivity contribution is 1.64. The Morgan fingerprint density at radius 2 is 1.26 bits per heavy atom. The molecular weight excluding hydrogens is 384 g/mol. The van der Waals surface area contributed by atoms with Gasteiger partial charge in [0.15, 0.2) is 0 Å². The van der Waals surface area contributed by atoms with Crippen LogP contribution >= 0.6 is 39.7 Å². The summed E-state index contributed by atoms with van der Waals surface area (Å²) in [5, 5.41) is 4.43. The van der Waals surface area contributed by atoms with Gasteiger partial charge in [-0.3, -0.25) is 0 Å². The molecule has 0 saturated carbocycles. The maximum absolute atomic E-state index is 2.28. The first-order chi connectivity index (χ1) is 10.9. The van der Waals surface area contributed by atoms with Gasteiger partial charge in [-0.05, 0) is 28.0 Å². The van der Waals surface area contributed by atoms with E-state index in [9.17, 15) is 0 Å². The summed E-state index contributed by atoms with van der Waals surface area (Å²) in [7, 11) is 0. The molecule has 0 fully saturated rings. The first-order valence-electron chi connectivity index (χ1n) is 7.20. The Bertz CT molecular complexity index is 863. The van der Waals surface area contributed by atoms with Crippen LogP contribution in [-0.4, -0.2) is 0 Å². The zero-order valence-electron chi connectivity index (χ0n) is 12.3. The summed E-state index contributed by atoms with van der Waals surface area (Å²) in [6.45, 7) is 0. The van der Waals surface area contributed by atoms with Crippen LogP contribution in [0, 0.1) is 0 Å². The van der Waals surface area contributed by atoms with Crippen LogP contribution in [0.2, 0.25) is 0 Å². The summed E-state index contributed by atoms with van der Waals surface area (Å²) in [5.41, 5.74) is 5.23. The number of thiophene rings is 2. The Hall–Kier alpha value is -1.68. The van der Waals surface area contributed by atoms with Gasteiger partial charge >= 0.3 is 0 Å². The average Bonchev–Trinajstić information content (AvgIpc) is 3.25. The van der Waals surface area contributed by atoms with Gasteiger partial charge in [0.25, 0.3) is 0 Å². The van der Waals surface area contributed by atoms with Gasteiger partial charge in [-0.2, -0.15) is 0 Å². The molecule has 0 amide bonds. The molecule has 0 nitrogen and oxygen atoms in total. The fourth-order valence-electron chi connectivity index (χ4n) is 2.67. The third-order valence-corrected chi connectivity index (χ3v) is 5.71. The van der Waals surface area contributed by atoms with E-state index < -0.39 is 0 Å². The van der Waals surface area contributed by atoms with Crippen molar-refractivity contribution >= 4 is 39.7 Å². The predicted octanol–water partition coefficient (Wildman–Crippen LogP) is 7.39. The Balaban J connectivity index is 0.00000156. The second-order valence-corrected chi connectivity index (χ2v) is 6.89. The molecule has 4 aromatic rings. The maximum Gasteiger partial charge on any atom is 0.0527 e. The van der Waals surface area contributed by atoms with Crippen LogP contribution in [0.15, 0.2) is 83.6 Å². The molecule has 114 valence electrons. The van der Waals surface area contributed by atoms with Crippen LogP contribution in [0.4, 0.5) is 0 Å². The first-order valence-corrected chi connectivity index (χ1v) is 8.95. The van der Waals surface area contributed by atoms with E-state index in [4.69, 9.17) is 0 Å². The summed E-state index contributed by atoms with van der Waals surface area (Å²) in [4.78, 5) is 2.70. The van der Waals surface area contributed by atoms with E-state index in [2.05, 4.69) is 83.6 Å². The van der Waals surface area contributed by atoms with Crippen LogP contribution in [-0.2, 0) is 0 Å². The predicted molar refractivity (Wildman–Crippen MR) is 109 cm³/mol. The second kappa shape index (κ2) is 7.26. The minimum atomic E-state index is 0. The Labute approximate surface area is 154 Å². The normalized spacial score (nSPS) is 10.3. The largest absolute Gasteiger partial charge is 0.143 e. The standard InChI is InChI=1S/C20H14S2.BrH/c1-3-8-15(9-4-1)17-14-22-20(18-12-7-13-21-18)19(17)16-10-5-2-6-11-16;/h1-14H;1H. The highest BCUT2D eigenvalue weighted by atomic mass is 79.9. The molecule has 0 aliphatic carbocycles. The van der Waals surface area contributed by atoms with Gasteiger partial charge in [-0.1, -0.05) is 66.7 Å². The molecular formula is C20H15BrS2. The Kier molecular flexibility index (Phi) is 5.11. The van der Waals surface area contributed by atoms with Crippen molar-refractivity contribution in [2.24, 2.45) is 0 Å². The molecule has 0 unspecified atom stereocenters. The number of benzene rings is 2. The summed E-state index contributed by atoms with van der Waals surface area (Å²) in [5.74, 6) is 0. The molecule has 23 heavy (non-hydrogen) atoms. The molecule has 0 spiro atoms. The maximum atomic E-state index is 2.28. The smallest absolute Gasteiger partial charge is 0.0527 e. The summed E-state index contributed by atoms with van der Waals surface area (Å²) in [6, 6.07) is 25.7. The van der Waals surface area contributed by atoms with Crippen molar-refractivity contribution in [3.63, 3.8) is 0 Å². The third-order valence-electron chi connectivity index (χ3n) is 3.68. The quantitative estimate of drug-likeness (QED) is 0.337. The number of hydrogen-bond donors (Lipinski definition) is 0. The topological polar surface area (TPSA) is 0 Å². The van der Waals surface area contributed by atoms with Gasteiger partial charge in [0.2, 0.25) is 0 Å². The Morgan fingerprint density at radius 3 is 1.87 bits per heavy atom. The molecule has 0 radical (unpaired) electrons. The summed E-state index contributed by atoms with van der Waals surface area (Å²) < 4.78 is 0. The van der Waals surface area contributed by atoms with E-state index in [0.717, 1.165) is 0 Å². The highest BCUT2D eigenvalue weighted by Crippen LogP contribution is 2.45. The van der Waals surface area contributed by atoms with Crippen molar-refractivity contribution < 1.29 is 0 Å². The molecule has 0 atom stereocenters. The van der Waals surface area contributed by atoms with Crippen molar-refractivity contribution in [3.05, 3.63) is 83.6 Å². The van der Waals surface area contributed by atoms with E-state index in [1.54, 1.807) is 11.3 Å². The van der Waals surface area contributed by atoms with Crippen LogP contribution in [0.5, 0.6) is 0 Å². The molecule has 4 rings (SSSR count). The van der Waals surface area contributed by atoms with Gasteiger partial charge in [0.05, 0.1) is 4.88 Å². The van der Waals surface area contributed by atoms with Crippen LogP contribution in [0.1, 0.15) is 0 Å². The molecule has 0 saturated heterocycles. The lowest BCUT2D eigenvalue weighted by Crippen LogP contribution is -1.82. The van der Waals surface area contributed by atoms with Gasteiger partial charge in [-0.15, -0.1) is 39.7 Å². The van der Waals surface area contributed by atoms with Crippen LogP contribution in [0.3, 0.4) is 0 Å². The minimum Gasteiger partial charge on any atom is -0.143 e. The molecule has 0 bridgehead atoms. The van der Waals surface area contributed by atoms with Crippen molar-refractivity contribution in [2.45, 2.75) is 0 Å². The van der Waals surface area contributed by atoms with Gasteiger partial charge in [-0.25, -0.2) is 0 Å². The van der Waals surface area contributed by atoms with Crippen molar-refractivity contribution in [1.82, 2.24) is 0 Å². The zero-order chi connectivity index (χ0) is 14.8.